The van der Waals surface area contributed by atoms with Crippen LogP contribution in [0.15, 0.2) is 11.6 Å². The summed E-state index contributed by atoms with van der Waals surface area (Å²) < 4.78 is 0. The Hall–Kier alpha value is -0.780. The summed E-state index contributed by atoms with van der Waals surface area (Å²) in [6.45, 7) is 4.68. The second-order valence-electron chi connectivity index (χ2n) is 9.16. The van der Waals surface area contributed by atoms with E-state index in [0.717, 1.165) is 44.9 Å². The highest BCUT2D eigenvalue weighted by Crippen LogP contribution is 2.66. The number of terminal acetylenes is 1. The van der Waals surface area contributed by atoms with Gasteiger partial charge in [0.2, 0.25) is 0 Å². The standard InChI is InChI=1S/C21H30O2/c1-4-21(23)12-9-18-16-6-5-14-13-15(22)7-10-19(14,2)17(16)8-11-20(18,21)3/h1,5,15-18,22-23H,6-13H2,2-3H3/t15-,16-,17+,18-,19+,20-,21-/m1/s1. The molecule has 4 aliphatic rings. The highest BCUT2D eigenvalue weighted by molar-refractivity contribution is 5.28. The van der Waals surface area contributed by atoms with E-state index in [0.29, 0.717) is 17.8 Å². The Morgan fingerprint density at radius 3 is 2.61 bits per heavy atom. The van der Waals surface area contributed by atoms with Crippen molar-refractivity contribution in [2.75, 3.05) is 0 Å². The Labute approximate surface area is 140 Å². The van der Waals surface area contributed by atoms with Crippen molar-refractivity contribution in [1.82, 2.24) is 0 Å². The van der Waals surface area contributed by atoms with Crippen molar-refractivity contribution in [2.45, 2.75) is 76.9 Å². The summed E-state index contributed by atoms with van der Waals surface area (Å²) in [4.78, 5) is 0. The lowest BCUT2D eigenvalue weighted by Gasteiger charge is -2.58. The first-order valence-electron chi connectivity index (χ1n) is 9.42. The van der Waals surface area contributed by atoms with E-state index in [1.807, 2.05) is 0 Å². The van der Waals surface area contributed by atoms with Gasteiger partial charge in [0.25, 0.3) is 0 Å². The Morgan fingerprint density at radius 1 is 1.13 bits per heavy atom. The highest BCUT2D eigenvalue weighted by Gasteiger charge is 2.63. The van der Waals surface area contributed by atoms with Gasteiger partial charge in [0.1, 0.15) is 5.60 Å². The topological polar surface area (TPSA) is 40.5 Å². The van der Waals surface area contributed by atoms with Crippen LogP contribution in [0.25, 0.3) is 0 Å². The number of hydrogen-bond donors (Lipinski definition) is 2. The molecule has 3 fully saturated rings. The molecule has 3 saturated carbocycles. The van der Waals surface area contributed by atoms with Gasteiger partial charge in [-0.1, -0.05) is 31.4 Å². The van der Waals surface area contributed by atoms with Crippen LogP contribution in [0.1, 0.15) is 65.2 Å². The van der Waals surface area contributed by atoms with Crippen LogP contribution in [-0.2, 0) is 0 Å². The van der Waals surface area contributed by atoms with Crippen LogP contribution in [0.2, 0.25) is 0 Å². The molecular formula is C21H30O2. The molecule has 0 amide bonds. The van der Waals surface area contributed by atoms with Gasteiger partial charge in [-0.2, -0.15) is 0 Å². The maximum absolute atomic E-state index is 11.0. The van der Waals surface area contributed by atoms with Crippen molar-refractivity contribution < 1.29 is 10.2 Å². The van der Waals surface area contributed by atoms with Gasteiger partial charge in [-0.25, -0.2) is 0 Å². The molecule has 0 unspecified atom stereocenters. The Morgan fingerprint density at radius 2 is 1.87 bits per heavy atom. The van der Waals surface area contributed by atoms with Crippen molar-refractivity contribution in [2.24, 2.45) is 28.6 Å². The molecule has 23 heavy (non-hydrogen) atoms. The van der Waals surface area contributed by atoms with E-state index in [1.165, 1.54) is 12.0 Å². The number of aliphatic hydroxyl groups excluding tert-OH is 1. The van der Waals surface area contributed by atoms with Crippen LogP contribution in [0.4, 0.5) is 0 Å². The molecule has 4 rings (SSSR count). The van der Waals surface area contributed by atoms with E-state index in [2.05, 4.69) is 25.8 Å². The molecule has 0 aromatic rings. The Kier molecular flexibility index (Phi) is 3.33. The number of fused-ring (bicyclic) bond motifs is 5. The quantitative estimate of drug-likeness (QED) is 0.529. The van der Waals surface area contributed by atoms with Crippen LogP contribution < -0.4 is 0 Å². The third-order valence-corrected chi connectivity index (χ3v) is 8.47. The molecule has 0 heterocycles. The molecule has 2 N–H and O–H groups in total. The Balaban J connectivity index is 1.69. The molecule has 0 saturated heterocycles. The monoisotopic (exact) mass is 314 g/mol. The molecule has 0 aromatic heterocycles. The fourth-order valence-electron chi connectivity index (χ4n) is 6.89. The molecule has 0 aliphatic heterocycles. The summed E-state index contributed by atoms with van der Waals surface area (Å²) in [6, 6.07) is 0. The summed E-state index contributed by atoms with van der Waals surface area (Å²) in [5.41, 5.74) is 0.751. The lowest BCUT2D eigenvalue weighted by molar-refractivity contribution is -0.0969. The zero-order valence-corrected chi connectivity index (χ0v) is 14.5. The first-order chi connectivity index (χ1) is 10.8. The molecule has 4 aliphatic carbocycles. The van der Waals surface area contributed by atoms with E-state index in [4.69, 9.17) is 6.42 Å². The van der Waals surface area contributed by atoms with Gasteiger partial charge in [0, 0.05) is 5.41 Å². The smallest absolute Gasteiger partial charge is 0.130 e. The Bertz CT molecular complexity index is 587. The maximum Gasteiger partial charge on any atom is 0.130 e. The third-order valence-electron chi connectivity index (χ3n) is 8.47. The summed E-state index contributed by atoms with van der Waals surface area (Å²) in [6.07, 6.45) is 16.1. The summed E-state index contributed by atoms with van der Waals surface area (Å²) in [7, 11) is 0. The van der Waals surface area contributed by atoms with Crippen LogP contribution in [0, 0.1) is 40.9 Å². The second-order valence-corrected chi connectivity index (χ2v) is 9.16. The normalized spacial score (nSPS) is 55.2. The second kappa shape index (κ2) is 4.87. The molecule has 2 nitrogen and oxygen atoms in total. The van der Waals surface area contributed by atoms with Crippen molar-refractivity contribution in [3.63, 3.8) is 0 Å². The van der Waals surface area contributed by atoms with Gasteiger partial charge in [0.05, 0.1) is 6.10 Å². The van der Waals surface area contributed by atoms with E-state index >= 15 is 0 Å². The zero-order chi connectivity index (χ0) is 16.5. The average Bonchev–Trinajstić information content (AvgIpc) is 2.80. The molecule has 2 heteroatoms. The van der Waals surface area contributed by atoms with Crippen LogP contribution >= 0.6 is 0 Å². The van der Waals surface area contributed by atoms with Gasteiger partial charge in [-0.15, -0.1) is 6.42 Å². The van der Waals surface area contributed by atoms with Crippen LogP contribution in [0.3, 0.4) is 0 Å². The van der Waals surface area contributed by atoms with Crippen LogP contribution in [0.5, 0.6) is 0 Å². The molecule has 7 atom stereocenters. The lowest BCUT2D eigenvalue weighted by Crippen LogP contribution is -2.54. The van der Waals surface area contributed by atoms with Crippen molar-refractivity contribution in [3.05, 3.63) is 11.6 Å². The number of hydrogen-bond acceptors (Lipinski definition) is 2. The number of aliphatic hydroxyl groups is 2. The van der Waals surface area contributed by atoms with Crippen molar-refractivity contribution in [1.29, 1.82) is 0 Å². The molecule has 0 aromatic carbocycles. The first kappa shape index (κ1) is 15.7. The minimum absolute atomic E-state index is 0.112. The van der Waals surface area contributed by atoms with Gasteiger partial charge < -0.3 is 10.2 Å². The minimum Gasteiger partial charge on any atom is -0.393 e. The number of allylic oxidation sites excluding steroid dienone is 1. The summed E-state index contributed by atoms with van der Waals surface area (Å²) in [5.74, 6) is 4.65. The number of rotatable bonds is 0. The summed E-state index contributed by atoms with van der Waals surface area (Å²) >= 11 is 0. The predicted octanol–water partition coefficient (Wildman–Crippen LogP) is 3.67. The predicted molar refractivity (Wildman–Crippen MR) is 91.5 cm³/mol. The average molecular weight is 314 g/mol. The van der Waals surface area contributed by atoms with Gasteiger partial charge in [0.15, 0.2) is 0 Å². The zero-order valence-electron chi connectivity index (χ0n) is 14.5. The van der Waals surface area contributed by atoms with Crippen LogP contribution in [-0.4, -0.2) is 21.9 Å². The van der Waals surface area contributed by atoms with Gasteiger partial charge in [-0.3, -0.25) is 0 Å². The van der Waals surface area contributed by atoms with E-state index < -0.39 is 5.60 Å². The fraction of sp³-hybridized carbons (Fsp3) is 0.810. The minimum atomic E-state index is -0.906. The molecule has 0 spiro atoms. The summed E-state index contributed by atoms with van der Waals surface area (Å²) in [5, 5.41) is 21.0. The van der Waals surface area contributed by atoms with E-state index in [1.54, 1.807) is 0 Å². The molecule has 126 valence electrons. The third kappa shape index (κ3) is 1.90. The highest BCUT2D eigenvalue weighted by atomic mass is 16.3. The molecule has 0 bridgehead atoms. The van der Waals surface area contributed by atoms with E-state index in [-0.39, 0.29) is 16.9 Å². The lowest BCUT2D eigenvalue weighted by atomic mass is 9.47. The van der Waals surface area contributed by atoms with E-state index in [9.17, 15) is 10.2 Å². The van der Waals surface area contributed by atoms with Crippen molar-refractivity contribution >= 4 is 0 Å². The van der Waals surface area contributed by atoms with Crippen molar-refractivity contribution in [3.8, 4) is 12.3 Å². The fourth-order valence-corrected chi connectivity index (χ4v) is 6.89. The maximum atomic E-state index is 11.0. The first-order valence-corrected chi connectivity index (χ1v) is 9.42. The molecule has 0 radical (unpaired) electrons. The molecular weight excluding hydrogens is 284 g/mol. The largest absolute Gasteiger partial charge is 0.393 e. The van der Waals surface area contributed by atoms with Gasteiger partial charge in [-0.05, 0) is 74.5 Å². The SMILES string of the molecule is C#C[C@@]1(O)CC[C@@H]2[C@@H]3CC=C4C[C@H](O)CC[C@]4(C)[C@H]3CC[C@]21C. The van der Waals surface area contributed by atoms with Gasteiger partial charge >= 0.3 is 0 Å².